The van der Waals surface area contributed by atoms with Gasteiger partial charge in [-0.05, 0) is 30.7 Å². The highest BCUT2D eigenvalue weighted by Gasteiger charge is 2.15. The number of benzene rings is 2. The fourth-order valence-electron chi connectivity index (χ4n) is 2.39. The highest BCUT2D eigenvalue weighted by atomic mass is 19.1. The van der Waals surface area contributed by atoms with E-state index in [9.17, 15) is 13.6 Å². The maximum absolute atomic E-state index is 12.9. The van der Waals surface area contributed by atoms with Crippen LogP contribution < -0.4 is 20.5 Å². The van der Waals surface area contributed by atoms with Gasteiger partial charge in [-0.1, -0.05) is 30.3 Å². The largest absolute Gasteiger partial charge is 0.489 e. The summed E-state index contributed by atoms with van der Waals surface area (Å²) in [6.45, 7) is -0.00384. The molecule has 8 heteroatoms. The second kappa shape index (κ2) is 11.5. The van der Waals surface area contributed by atoms with Gasteiger partial charge in [0, 0.05) is 24.4 Å². The van der Waals surface area contributed by atoms with Gasteiger partial charge >= 0.3 is 0 Å². The van der Waals surface area contributed by atoms with Crippen LogP contribution in [0.5, 0.6) is 11.5 Å². The van der Waals surface area contributed by atoms with Gasteiger partial charge in [-0.25, -0.2) is 8.78 Å². The van der Waals surface area contributed by atoms with Crippen LogP contribution in [-0.4, -0.2) is 38.2 Å². The Labute approximate surface area is 174 Å². The summed E-state index contributed by atoms with van der Waals surface area (Å²) in [6.07, 6.45) is 0.236. The Hall–Kier alpha value is -3.42. The molecule has 0 spiro atoms. The van der Waals surface area contributed by atoms with Crippen LogP contribution in [0.3, 0.4) is 0 Å². The third-order valence-corrected chi connectivity index (χ3v) is 4.01. The van der Waals surface area contributed by atoms with Crippen molar-refractivity contribution in [1.29, 1.82) is 0 Å². The molecule has 0 aliphatic carbocycles. The van der Waals surface area contributed by atoms with E-state index in [1.54, 1.807) is 14.0 Å². The minimum atomic E-state index is -1.27. The lowest BCUT2D eigenvalue weighted by molar-refractivity contribution is 0.100. The number of carbonyl (C=O) groups is 1. The predicted octanol–water partition coefficient (Wildman–Crippen LogP) is 3.57. The number of aliphatic imine (C=N–C) groups is 1. The molecule has 0 heterocycles. The molecule has 2 aromatic rings. The van der Waals surface area contributed by atoms with Gasteiger partial charge in [0.1, 0.15) is 37.3 Å². The molecule has 3 N–H and O–H groups in total. The van der Waals surface area contributed by atoms with Gasteiger partial charge in [-0.3, -0.25) is 4.79 Å². The van der Waals surface area contributed by atoms with Crippen molar-refractivity contribution >= 4 is 11.7 Å². The number of allylic oxidation sites excluding steroid dienone is 1. The molecule has 0 aromatic heterocycles. The number of amides is 1. The highest BCUT2D eigenvalue weighted by molar-refractivity contribution is 6.06. The normalized spacial score (nSPS) is 12.0. The molecule has 0 unspecified atom stereocenters. The summed E-state index contributed by atoms with van der Waals surface area (Å²) in [7, 11) is 1.71. The van der Waals surface area contributed by atoms with Crippen molar-refractivity contribution in [3.63, 3.8) is 0 Å². The van der Waals surface area contributed by atoms with Gasteiger partial charge in [0.2, 0.25) is 0 Å². The average molecular weight is 417 g/mol. The van der Waals surface area contributed by atoms with Crippen molar-refractivity contribution in [2.24, 2.45) is 10.7 Å². The third-order valence-electron chi connectivity index (χ3n) is 4.01. The summed E-state index contributed by atoms with van der Waals surface area (Å²) in [4.78, 5) is 16.4. The van der Waals surface area contributed by atoms with Gasteiger partial charge in [-0.2, -0.15) is 4.99 Å². The van der Waals surface area contributed by atoms with Crippen molar-refractivity contribution in [1.82, 2.24) is 5.32 Å². The fourth-order valence-corrected chi connectivity index (χ4v) is 2.39. The molecule has 0 radical (unpaired) electrons. The lowest BCUT2D eigenvalue weighted by atomic mass is 10.2. The van der Waals surface area contributed by atoms with E-state index in [4.69, 9.17) is 15.2 Å². The van der Waals surface area contributed by atoms with Gasteiger partial charge in [0.25, 0.3) is 5.91 Å². The van der Waals surface area contributed by atoms with Crippen molar-refractivity contribution < 1.29 is 23.0 Å². The van der Waals surface area contributed by atoms with Crippen molar-refractivity contribution in [2.75, 3.05) is 20.4 Å². The number of nitrogens with two attached hydrogens (primary N) is 1. The molecule has 0 aliphatic rings. The molecular formula is C22H25F2N3O3. The van der Waals surface area contributed by atoms with Crippen molar-refractivity contribution in [3.05, 3.63) is 71.4 Å². The maximum atomic E-state index is 12.9. The molecule has 30 heavy (non-hydrogen) atoms. The zero-order valence-electron chi connectivity index (χ0n) is 16.9. The molecule has 0 bridgehead atoms. The van der Waals surface area contributed by atoms with Crippen LogP contribution in [0.4, 0.5) is 8.78 Å². The molecule has 1 amide bonds. The van der Waals surface area contributed by atoms with E-state index >= 15 is 0 Å². The number of hydrogen-bond donors (Lipinski definition) is 2. The zero-order valence-corrected chi connectivity index (χ0v) is 16.9. The number of nitrogens with one attached hydrogen (secondary N) is 1. The van der Waals surface area contributed by atoms with Crippen molar-refractivity contribution in [2.45, 2.75) is 19.6 Å². The molecule has 6 nitrogen and oxygen atoms in total. The van der Waals surface area contributed by atoms with Crippen LogP contribution in [0.25, 0.3) is 0 Å². The van der Waals surface area contributed by atoms with Gasteiger partial charge in [0.05, 0.1) is 0 Å². The number of amidine groups is 1. The molecule has 0 saturated carbocycles. The second-order valence-corrected chi connectivity index (χ2v) is 6.44. The standard InChI is InChI=1S/C22H25F2N3O3/c1-15(26-2)8-21(25)27-22(28)17-9-18(29-14-16-6-4-3-5-7-16)11-19(10-17)30-20(12-23)13-24/h3-11,20,26H,12-14H2,1-2H3,(H2,25,27,28)/b15-8-. The smallest absolute Gasteiger partial charge is 0.279 e. The van der Waals surface area contributed by atoms with Crippen LogP contribution in [-0.2, 0) is 6.61 Å². The number of ether oxygens (including phenoxy) is 2. The first kappa shape index (κ1) is 22.9. The Morgan fingerprint density at radius 1 is 1.17 bits per heavy atom. The maximum Gasteiger partial charge on any atom is 0.279 e. The minimum absolute atomic E-state index is 0.00955. The first-order valence-electron chi connectivity index (χ1n) is 9.30. The van der Waals surface area contributed by atoms with E-state index in [1.165, 1.54) is 24.3 Å². The first-order chi connectivity index (χ1) is 14.4. The summed E-state index contributed by atoms with van der Waals surface area (Å²) >= 11 is 0. The Morgan fingerprint density at radius 3 is 2.47 bits per heavy atom. The Bertz CT molecular complexity index is 898. The number of halogens is 2. The molecule has 0 saturated heterocycles. The van der Waals surface area contributed by atoms with E-state index < -0.39 is 25.4 Å². The van der Waals surface area contributed by atoms with Crippen LogP contribution in [0.1, 0.15) is 22.8 Å². The lowest BCUT2D eigenvalue weighted by Gasteiger charge is -2.15. The van der Waals surface area contributed by atoms with Gasteiger partial charge in [0.15, 0.2) is 6.10 Å². The molecule has 160 valence electrons. The molecule has 0 aliphatic heterocycles. The first-order valence-corrected chi connectivity index (χ1v) is 9.30. The molecule has 2 rings (SSSR count). The Morgan fingerprint density at radius 2 is 1.83 bits per heavy atom. The fraction of sp³-hybridized carbons (Fsp3) is 0.273. The molecule has 0 atom stereocenters. The number of hydrogen-bond acceptors (Lipinski definition) is 4. The zero-order chi connectivity index (χ0) is 21.9. The molecule has 0 fully saturated rings. The average Bonchev–Trinajstić information content (AvgIpc) is 2.76. The summed E-state index contributed by atoms with van der Waals surface area (Å²) in [5.41, 5.74) is 7.53. The SMILES string of the molecule is CN/C(C)=C\C(N)=NC(=O)c1cc(OCc2ccccc2)cc(OC(CF)CF)c1. The number of carbonyl (C=O) groups excluding carboxylic acids is 1. The third kappa shape index (κ3) is 7.20. The van der Waals surface area contributed by atoms with Crippen LogP contribution in [0, 0.1) is 0 Å². The topological polar surface area (TPSA) is 85.9 Å². The highest BCUT2D eigenvalue weighted by Crippen LogP contribution is 2.25. The van der Waals surface area contributed by atoms with Crippen LogP contribution >= 0.6 is 0 Å². The van der Waals surface area contributed by atoms with E-state index in [-0.39, 0.29) is 23.8 Å². The molecule has 2 aromatic carbocycles. The summed E-state index contributed by atoms with van der Waals surface area (Å²) in [5, 5.41) is 2.87. The van der Waals surface area contributed by atoms with E-state index in [1.807, 2.05) is 30.3 Å². The van der Waals surface area contributed by atoms with Crippen LogP contribution in [0.15, 0.2) is 65.3 Å². The summed E-state index contributed by atoms with van der Waals surface area (Å²) in [5.74, 6) is -0.234. The van der Waals surface area contributed by atoms with Crippen LogP contribution in [0.2, 0.25) is 0 Å². The van der Waals surface area contributed by atoms with Crippen molar-refractivity contribution in [3.8, 4) is 11.5 Å². The number of alkyl halides is 2. The predicted molar refractivity (Wildman–Crippen MR) is 112 cm³/mol. The molecular weight excluding hydrogens is 392 g/mol. The van der Waals surface area contributed by atoms with E-state index in [0.717, 1.165) is 11.3 Å². The Balaban J connectivity index is 2.30. The van der Waals surface area contributed by atoms with Gasteiger partial charge in [-0.15, -0.1) is 0 Å². The number of rotatable bonds is 10. The summed E-state index contributed by atoms with van der Waals surface area (Å²) < 4.78 is 36.8. The minimum Gasteiger partial charge on any atom is -0.489 e. The Kier molecular flexibility index (Phi) is 8.80. The lowest BCUT2D eigenvalue weighted by Crippen LogP contribution is -2.21. The van der Waals surface area contributed by atoms with E-state index in [2.05, 4.69) is 10.3 Å². The second-order valence-electron chi connectivity index (χ2n) is 6.44. The van der Waals surface area contributed by atoms with E-state index in [0.29, 0.717) is 5.75 Å². The monoisotopic (exact) mass is 417 g/mol. The summed E-state index contributed by atoms with van der Waals surface area (Å²) in [6, 6.07) is 13.7. The number of nitrogens with zero attached hydrogens (tertiary/aromatic N) is 1. The quantitative estimate of drug-likeness (QED) is 0.456. The van der Waals surface area contributed by atoms with Gasteiger partial charge < -0.3 is 20.5 Å².